The number of guanidine groups is 1. The van der Waals surface area contributed by atoms with E-state index >= 15 is 0 Å². The second-order valence-electron chi connectivity index (χ2n) is 3.39. The largest absolute Gasteiger partial charge is 0.369 e. The van der Waals surface area contributed by atoms with E-state index in [0.717, 1.165) is 25.2 Å². The van der Waals surface area contributed by atoms with Gasteiger partial charge in [0.2, 0.25) is 5.96 Å². The van der Waals surface area contributed by atoms with Gasteiger partial charge in [0.05, 0.1) is 5.71 Å². The molecule has 1 unspecified atom stereocenters. The van der Waals surface area contributed by atoms with Crippen LogP contribution in [0.3, 0.4) is 0 Å². The summed E-state index contributed by atoms with van der Waals surface area (Å²) in [4.78, 5) is 0. The van der Waals surface area contributed by atoms with Crippen LogP contribution >= 0.6 is 0 Å². The molecule has 1 atom stereocenters. The summed E-state index contributed by atoms with van der Waals surface area (Å²) in [6.07, 6.45) is 2.04. The van der Waals surface area contributed by atoms with Crippen LogP contribution in [0.15, 0.2) is 10.2 Å². The normalized spacial score (nSPS) is 28.9. The van der Waals surface area contributed by atoms with Crippen molar-refractivity contribution in [2.75, 3.05) is 6.61 Å². The Bertz CT molecular complexity index is 237. The lowest BCUT2D eigenvalue weighted by molar-refractivity contribution is 0.0770. The van der Waals surface area contributed by atoms with Crippen LogP contribution in [0.25, 0.3) is 0 Å². The first-order chi connectivity index (χ1) is 6.04. The molecule has 1 fully saturated rings. The van der Waals surface area contributed by atoms with Crippen molar-refractivity contribution < 1.29 is 4.74 Å². The number of nitrogens with two attached hydrogens (primary N) is 2. The van der Waals surface area contributed by atoms with Crippen LogP contribution < -0.4 is 11.5 Å². The van der Waals surface area contributed by atoms with Crippen molar-refractivity contribution in [2.45, 2.75) is 32.3 Å². The molecule has 1 heterocycles. The van der Waals surface area contributed by atoms with Gasteiger partial charge in [-0.2, -0.15) is 5.10 Å². The fraction of sp³-hybridized carbons (Fsp3) is 0.750. The molecule has 5 nitrogen and oxygen atoms in total. The topological polar surface area (TPSA) is 86.0 Å². The van der Waals surface area contributed by atoms with Crippen molar-refractivity contribution in [3.63, 3.8) is 0 Å². The molecule has 13 heavy (non-hydrogen) atoms. The molecule has 0 radical (unpaired) electrons. The minimum atomic E-state index is -0.279. The average molecular weight is 184 g/mol. The Labute approximate surface area is 77.8 Å². The van der Waals surface area contributed by atoms with Gasteiger partial charge in [-0.25, -0.2) is 0 Å². The molecule has 0 bridgehead atoms. The molecule has 0 aliphatic carbocycles. The van der Waals surface area contributed by atoms with E-state index in [1.54, 1.807) is 0 Å². The number of hydrogen-bond acceptors (Lipinski definition) is 3. The van der Waals surface area contributed by atoms with Gasteiger partial charge in [-0.3, -0.25) is 0 Å². The van der Waals surface area contributed by atoms with Crippen LogP contribution in [0.5, 0.6) is 0 Å². The molecule has 5 heteroatoms. The van der Waals surface area contributed by atoms with E-state index in [0.29, 0.717) is 0 Å². The Morgan fingerprint density at radius 2 is 2.08 bits per heavy atom. The fourth-order valence-corrected chi connectivity index (χ4v) is 1.30. The van der Waals surface area contributed by atoms with E-state index in [1.165, 1.54) is 0 Å². The van der Waals surface area contributed by atoms with Crippen LogP contribution in [0.1, 0.15) is 26.7 Å². The maximum absolute atomic E-state index is 5.55. The van der Waals surface area contributed by atoms with Gasteiger partial charge in [-0.15, -0.1) is 5.10 Å². The minimum Gasteiger partial charge on any atom is -0.369 e. The highest BCUT2D eigenvalue weighted by Crippen LogP contribution is 2.26. The summed E-state index contributed by atoms with van der Waals surface area (Å²) in [5.41, 5.74) is 10.9. The standard InChI is InChI=1S/C8H16N4O/c1-6(11-12-7(9)10)8(2)4-3-5-13-8/h3-5H2,1-2H3,(H4,9,10,12)/b11-6+. The lowest BCUT2D eigenvalue weighted by atomic mass is 9.98. The molecule has 0 amide bonds. The number of nitrogens with zero attached hydrogens (tertiary/aromatic N) is 2. The zero-order chi connectivity index (χ0) is 9.90. The highest BCUT2D eigenvalue weighted by atomic mass is 16.5. The van der Waals surface area contributed by atoms with Gasteiger partial charge < -0.3 is 16.2 Å². The van der Waals surface area contributed by atoms with Crippen molar-refractivity contribution >= 4 is 11.7 Å². The first-order valence-electron chi connectivity index (χ1n) is 4.32. The first-order valence-corrected chi connectivity index (χ1v) is 4.32. The molecule has 0 aromatic rings. The third-order valence-electron chi connectivity index (χ3n) is 2.30. The molecule has 1 aliphatic heterocycles. The van der Waals surface area contributed by atoms with E-state index < -0.39 is 0 Å². The summed E-state index contributed by atoms with van der Waals surface area (Å²) in [6, 6.07) is 0. The minimum absolute atomic E-state index is 0.0269. The summed E-state index contributed by atoms with van der Waals surface area (Å²) < 4.78 is 5.55. The molecule has 1 saturated heterocycles. The molecule has 4 N–H and O–H groups in total. The molecular weight excluding hydrogens is 168 g/mol. The first kappa shape index (κ1) is 9.98. The Kier molecular flexibility index (Phi) is 2.87. The smallest absolute Gasteiger partial charge is 0.211 e. The second kappa shape index (κ2) is 3.74. The van der Waals surface area contributed by atoms with Gasteiger partial charge in [-0.1, -0.05) is 0 Å². The van der Waals surface area contributed by atoms with Gasteiger partial charge in [0.15, 0.2) is 0 Å². The molecule has 1 aliphatic rings. The van der Waals surface area contributed by atoms with Gasteiger partial charge in [-0.05, 0) is 26.7 Å². The van der Waals surface area contributed by atoms with Gasteiger partial charge in [0.25, 0.3) is 0 Å². The van der Waals surface area contributed by atoms with Crippen molar-refractivity contribution in [2.24, 2.45) is 21.7 Å². The van der Waals surface area contributed by atoms with Crippen LogP contribution in [0.4, 0.5) is 0 Å². The third kappa shape index (κ3) is 2.42. The molecule has 0 aromatic heterocycles. The lowest BCUT2D eigenvalue weighted by Gasteiger charge is -2.21. The quantitative estimate of drug-likeness (QED) is 0.365. The average Bonchev–Trinajstić information content (AvgIpc) is 2.49. The molecule has 0 spiro atoms. The summed E-state index contributed by atoms with van der Waals surface area (Å²) in [5.74, 6) is -0.0269. The summed E-state index contributed by atoms with van der Waals surface area (Å²) in [7, 11) is 0. The molecule has 1 rings (SSSR count). The monoisotopic (exact) mass is 184 g/mol. The van der Waals surface area contributed by atoms with Crippen molar-refractivity contribution in [1.29, 1.82) is 0 Å². The second-order valence-corrected chi connectivity index (χ2v) is 3.39. The summed E-state index contributed by atoms with van der Waals surface area (Å²) >= 11 is 0. The fourth-order valence-electron chi connectivity index (χ4n) is 1.30. The Hall–Kier alpha value is -1.10. The van der Waals surface area contributed by atoms with Crippen LogP contribution in [0, 0.1) is 0 Å². The van der Waals surface area contributed by atoms with E-state index in [2.05, 4.69) is 10.2 Å². The van der Waals surface area contributed by atoms with Gasteiger partial charge >= 0.3 is 0 Å². The lowest BCUT2D eigenvalue weighted by Crippen LogP contribution is -2.32. The number of ether oxygens (including phenoxy) is 1. The van der Waals surface area contributed by atoms with E-state index in [-0.39, 0.29) is 11.6 Å². The van der Waals surface area contributed by atoms with Gasteiger partial charge in [0.1, 0.15) is 5.60 Å². The third-order valence-corrected chi connectivity index (χ3v) is 2.30. The Balaban J connectivity index is 2.70. The Morgan fingerprint density at radius 1 is 1.38 bits per heavy atom. The molecule has 74 valence electrons. The zero-order valence-electron chi connectivity index (χ0n) is 8.08. The van der Waals surface area contributed by atoms with E-state index in [9.17, 15) is 0 Å². The van der Waals surface area contributed by atoms with Crippen LogP contribution in [0.2, 0.25) is 0 Å². The van der Waals surface area contributed by atoms with E-state index in [1.807, 2.05) is 13.8 Å². The Morgan fingerprint density at radius 3 is 2.54 bits per heavy atom. The summed E-state index contributed by atoms with van der Waals surface area (Å²) in [6.45, 7) is 4.66. The summed E-state index contributed by atoms with van der Waals surface area (Å²) in [5, 5.41) is 7.50. The van der Waals surface area contributed by atoms with Crippen LogP contribution in [-0.4, -0.2) is 23.9 Å². The highest BCUT2D eigenvalue weighted by molar-refractivity contribution is 5.90. The zero-order valence-corrected chi connectivity index (χ0v) is 8.08. The van der Waals surface area contributed by atoms with Crippen LogP contribution in [-0.2, 0) is 4.74 Å². The maximum atomic E-state index is 5.55. The maximum Gasteiger partial charge on any atom is 0.211 e. The highest BCUT2D eigenvalue weighted by Gasteiger charge is 2.32. The van der Waals surface area contributed by atoms with E-state index in [4.69, 9.17) is 16.2 Å². The predicted molar refractivity (Wildman–Crippen MR) is 52.5 cm³/mol. The predicted octanol–water partition coefficient (Wildman–Crippen LogP) is 0.205. The van der Waals surface area contributed by atoms with Crippen molar-refractivity contribution in [1.82, 2.24) is 0 Å². The molecule has 0 aromatic carbocycles. The number of rotatable bonds is 2. The number of hydrogen-bond donors (Lipinski definition) is 2. The van der Waals surface area contributed by atoms with Crippen molar-refractivity contribution in [3.05, 3.63) is 0 Å². The van der Waals surface area contributed by atoms with Gasteiger partial charge in [0, 0.05) is 6.61 Å². The van der Waals surface area contributed by atoms with Crippen molar-refractivity contribution in [3.8, 4) is 0 Å². The SMILES string of the molecule is C/C(=N\N=C(N)N)C1(C)CCCO1. The molecular formula is C8H16N4O. The molecule has 0 saturated carbocycles.